The van der Waals surface area contributed by atoms with Crippen molar-refractivity contribution in [2.24, 2.45) is 5.92 Å². The Labute approximate surface area is 197 Å². The largest absolute Gasteiger partial charge is 0.469 e. The first-order valence-corrected chi connectivity index (χ1v) is 11.7. The predicted molar refractivity (Wildman–Crippen MR) is 130 cm³/mol. The van der Waals surface area contributed by atoms with E-state index in [2.05, 4.69) is 48.1 Å². The quantitative estimate of drug-likeness (QED) is 0.583. The highest BCUT2D eigenvalue weighted by atomic mass is 16.5. The Bertz CT molecular complexity index is 919. The third kappa shape index (κ3) is 6.78. The molecular weight excluding hydrogens is 416 g/mol. The summed E-state index contributed by atoms with van der Waals surface area (Å²) in [4.78, 5) is 34.5. The number of rotatable bonds is 9. The van der Waals surface area contributed by atoms with E-state index in [1.807, 2.05) is 29.2 Å². The van der Waals surface area contributed by atoms with Crippen molar-refractivity contribution in [3.05, 3.63) is 59.8 Å². The zero-order valence-electron chi connectivity index (χ0n) is 20.2. The minimum absolute atomic E-state index is 0.102. The van der Waals surface area contributed by atoms with Gasteiger partial charge in [-0.15, -0.1) is 0 Å². The molecule has 1 aromatic carbocycles. The molecule has 0 saturated carbocycles. The molecule has 1 amide bonds. The molecule has 2 aromatic rings. The van der Waals surface area contributed by atoms with Gasteiger partial charge in [0.2, 0.25) is 0 Å². The number of esters is 1. The number of anilines is 1. The highest BCUT2D eigenvalue weighted by Crippen LogP contribution is 2.24. The molecule has 0 unspecified atom stereocenters. The smallest absolute Gasteiger partial charge is 0.307 e. The SMILES string of the molecule is COC(=O)C[C@H]1CN(Cc2ccccc2)[C@@H](C)CN1C(=O)c1cccnc1NCCC(C)C. The number of hydrogen-bond donors (Lipinski definition) is 1. The molecule has 1 aromatic heterocycles. The molecule has 7 heteroatoms. The predicted octanol–water partition coefficient (Wildman–Crippen LogP) is 3.82. The van der Waals surface area contributed by atoms with E-state index in [0.29, 0.717) is 30.4 Å². The average Bonchev–Trinajstić information content (AvgIpc) is 2.81. The molecular formula is C26H36N4O3. The second-order valence-corrected chi connectivity index (χ2v) is 9.16. The van der Waals surface area contributed by atoms with Gasteiger partial charge in [-0.3, -0.25) is 14.5 Å². The molecule has 1 aliphatic heterocycles. The first-order valence-electron chi connectivity index (χ1n) is 11.7. The van der Waals surface area contributed by atoms with Gasteiger partial charge in [0.05, 0.1) is 25.1 Å². The van der Waals surface area contributed by atoms with Gasteiger partial charge in [-0.1, -0.05) is 44.2 Å². The van der Waals surface area contributed by atoms with E-state index in [1.165, 1.54) is 12.7 Å². The molecule has 1 N–H and O–H groups in total. The Hall–Kier alpha value is -2.93. The van der Waals surface area contributed by atoms with E-state index in [1.54, 1.807) is 12.3 Å². The van der Waals surface area contributed by atoms with Gasteiger partial charge in [0.1, 0.15) is 5.82 Å². The number of piperazine rings is 1. The van der Waals surface area contributed by atoms with E-state index >= 15 is 0 Å². The van der Waals surface area contributed by atoms with Crippen molar-refractivity contribution in [2.45, 2.75) is 52.2 Å². The molecule has 178 valence electrons. The average molecular weight is 453 g/mol. The van der Waals surface area contributed by atoms with Gasteiger partial charge >= 0.3 is 5.97 Å². The molecule has 2 heterocycles. The fraction of sp³-hybridized carbons (Fsp3) is 0.500. The van der Waals surface area contributed by atoms with Crippen LogP contribution in [0.2, 0.25) is 0 Å². The zero-order valence-corrected chi connectivity index (χ0v) is 20.2. The van der Waals surface area contributed by atoms with Crippen LogP contribution < -0.4 is 5.32 Å². The van der Waals surface area contributed by atoms with Crippen LogP contribution in [0.1, 0.15) is 49.5 Å². The van der Waals surface area contributed by atoms with Gasteiger partial charge in [0.25, 0.3) is 5.91 Å². The van der Waals surface area contributed by atoms with Crippen LogP contribution in [0.15, 0.2) is 48.7 Å². The lowest BCUT2D eigenvalue weighted by molar-refractivity contribution is -0.142. The van der Waals surface area contributed by atoms with Crippen molar-refractivity contribution in [3.63, 3.8) is 0 Å². The maximum Gasteiger partial charge on any atom is 0.307 e. The van der Waals surface area contributed by atoms with Crippen LogP contribution >= 0.6 is 0 Å². The summed E-state index contributed by atoms with van der Waals surface area (Å²) in [6.45, 7) is 9.13. The minimum Gasteiger partial charge on any atom is -0.469 e. The van der Waals surface area contributed by atoms with Gasteiger partial charge in [-0.25, -0.2) is 4.98 Å². The summed E-state index contributed by atoms with van der Waals surface area (Å²) in [5.74, 6) is 0.742. The number of ether oxygens (including phenoxy) is 1. The molecule has 2 atom stereocenters. The number of nitrogens with zero attached hydrogens (tertiary/aromatic N) is 3. The molecule has 0 spiro atoms. The number of aromatic nitrogens is 1. The first-order chi connectivity index (χ1) is 15.9. The van der Waals surface area contributed by atoms with E-state index < -0.39 is 0 Å². The molecule has 0 aliphatic carbocycles. The van der Waals surface area contributed by atoms with Crippen LogP contribution in [-0.4, -0.2) is 65.5 Å². The number of carbonyl (C=O) groups excluding carboxylic acids is 2. The molecule has 33 heavy (non-hydrogen) atoms. The van der Waals surface area contributed by atoms with Crippen LogP contribution in [0.4, 0.5) is 5.82 Å². The van der Waals surface area contributed by atoms with Crippen molar-refractivity contribution in [3.8, 4) is 0 Å². The second-order valence-electron chi connectivity index (χ2n) is 9.16. The molecule has 0 bridgehead atoms. The van der Waals surface area contributed by atoms with E-state index in [0.717, 1.165) is 19.5 Å². The highest BCUT2D eigenvalue weighted by Gasteiger charge is 2.37. The maximum atomic E-state index is 13.7. The van der Waals surface area contributed by atoms with Crippen LogP contribution in [0.5, 0.6) is 0 Å². The lowest BCUT2D eigenvalue weighted by Crippen LogP contribution is -2.59. The summed E-state index contributed by atoms with van der Waals surface area (Å²) in [6.07, 6.45) is 2.85. The summed E-state index contributed by atoms with van der Waals surface area (Å²) >= 11 is 0. The fourth-order valence-corrected chi connectivity index (χ4v) is 4.19. The van der Waals surface area contributed by atoms with Crippen LogP contribution in [0, 0.1) is 5.92 Å². The van der Waals surface area contributed by atoms with E-state index in [4.69, 9.17) is 4.74 Å². The molecule has 1 saturated heterocycles. The third-order valence-corrected chi connectivity index (χ3v) is 6.14. The second kappa shape index (κ2) is 11.8. The maximum absolute atomic E-state index is 13.7. The molecule has 3 rings (SSSR count). The number of hydrogen-bond acceptors (Lipinski definition) is 6. The number of methoxy groups -OCH3 is 1. The van der Waals surface area contributed by atoms with Gasteiger partial charge in [0, 0.05) is 38.4 Å². The minimum atomic E-state index is -0.312. The molecule has 0 radical (unpaired) electrons. The van der Waals surface area contributed by atoms with Crippen molar-refractivity contribution in [1.29, 1.82) is 0 Å². The number of benzene rings is 1. The van der Waals surface area contributed by atoms with Crippen molar-refractivity contribution in [2.75, 3.05) is 32.1 Å². The normalized spacial score (nSPS) is 18.9. The Morgan fingerprint density at radius 1 is 1.15 bits per heavy atom. The van der Waals surface area contributed by atoms with Crippen molar-refractivity contribution >= 4 is 17.7 Å². The lowest BCUT2D eigenvalue weighted by atomic mass is 10.0. The number of amides is 1. The van der Waals surface area contributed by atoms with Gasteiger partial charge < -0.3 is 15.0 Å². The lowest BCUT2D eigenvalue weighted by Gasteiger charge is -2.45. The topological polar surface area (TPSA) is 74.8 Å². The van der Waals surface area contributed by atoms with Gasteiger partial charge in [-0.05, 0) is 37.0 Å². The molecule has 1 aliphatic rings. The Kier molecular flexibility index (Phi) is 8.83. The highest BCUT2D eigenvalue weighted by molar-refractivity contribution is 5.99. The Morgan fingerprint density at radius 2 is 1.91 bits per heavy atom. The standard InChI is InChI=1S/C26H36N4O3/c1-19(2)12-14-28-25-23(11-8-13-27-25)26(32)30-16-20(3)29(17-21-9-6-5-7-10-21)18-22(30)15-24(31)33-4/h5-11,13,19-20,22H,12,14-18H2,1-4H3,(H,27,28)/t20-,22-/m0/s1. The number of nitrogens with one attached hydrogen (secondary N) is 1. The van der Waals surface area contributed by atoms with Gasteiger partial charge in [-0.2, -0.15) is 0 Å². The zero-order chi connectivity index (χ0) is 23.8. The third-order valence-electron chi connectivity index (χ3n) is 6.14. The Balaban J connectivity index is 1.80. The van der Waals surface area contributed by atoms with Gasteiger partial charge in [0.15, 0.2) is 0 Å². The number of pyridine rings is 1. The monoisotopic (exact) mass is 452 g/mol. The molecule has 7 nitrogen and oxygen atoms in total. The van der Waals surface area contributed by atoms with Crippen molar-refractivity contribution < 1.29 is 14.3 Å². The summed E-state index contributed by atoms with van der Waals surface area (Å²) in [7, 11) is 1.39. The summed E-state index contributed by atoms with van der Waals surface area (Å²) in [5.41, 5.74) is 1.75. The Morgan fingerprint density at radius 3 is 2.61 bits per heavy atom. The number of carbonyl (C=O) groups is 2. The van der Waals surface area contributed by atoms with E-state index in [-0.39, 0.29) is 30.4 Å². The van der Waals surface area contributed by atoms with Crippen LogP contribution in [-0.2, 0) is 16.1 Å². The molecule has 1 fully saturated rings. The van der Waals surface area contributed by atoms with Crippen LogP contribution in [0.25, 0.3) is 0 Å². The summed E-state index contributed by atoms with van der Waals surface area (Å²) < 4.78 is 4.95. The van der Waals surface area contributed by atoms with Crippen LogP contribution in [0.3, 0.4) is 0 Å². The first kappa shape index (κ1) is 24.7. The van der Waals surface area contributed by atoms with Crippen molar-refractivity contribution in [1.82, 2.24) is 14.8 Å². The summed E-state index contributed by atoms with van der Waals surface area (Å²) in [5, 5.41) is 3.32. The van der Waals surface area contributed by atoms with E-state index in [9.17, 15) is 9.59 Å². The summed E-state index contributed by atoms with van der Waals surface area (Å²) in [6, 6.07) is 13.7. The fourth-order valence-electron chi connectivity index (χ4n) is 4.19.